The quantitative estimate of drug-likeness (QED) is 0.877. The smallest absolute Gasteiger partial charge is 0.125 e. The van der Waals surface area contributed by atoms with Gasteiger partial charge in [0.05, 0.1) is 12.2 Å². The lowest BCUT2D eigenvalue weighted by atomic mass is 9.80. The summed E-state index contributed by atoms with van der Waals surface area (Å²) in [5.74, 6) is 2.37. The first-order valence-electron chi connectivity index (χ1n) is 7.01. The molecule has 0 bridgehead atoms. The molecule has 1 aromatic carbocycles. The van der Waals surface area contributed by atoms with E-state index in [2.05, 4.69) is 13.8 Å². The summed E-state index contributed by atoms with van der Waals surface area (Å²) < 4.78 is 6.11. The Labute approximate surface area is 110 Å². The minimum atomic E-state index is -0.471. The van der Waals surface area contributed by atoms with Crippen molar-refractivity contribution in [2.75, 3.05) is 0 Å². The maximum Gasteiger partial charge on any atom is 0.125 e. The van der Waals surface area contributed by atoms with E-state index in [9.17, 15) is 5.11 Å². The number of para-hydroxylation sites is 1. The normalized spacial score (nSPS) is 29.9. The summed E-state index contributed by atoms with van der Waals surface area (Å²) in [6, 6.07) is 7.82. The molecule has 0 saturated heterocycles. The average Bonchev–Trinajstić information content (AvgIpc) is 2.34. The van der Waals surface area contributed by atoms with Crippen LogP contribution < -0.4 is 4.74 Å². The SMILES string of the molecule is CC1CCC(Oc2ccccc2[C@@H](C)O)CC1C. The summed E-state index contributed by atoms with van der Waals surface area (Å²) >= 11 is 0. The van der Waals surface area contributed by atoms with Crippen LogP contribution in [0.4, 0.5) is 0 Å². The zero-order valence-electron chi connectivity index (χ0n) is 11.6. The molecular weight excluding hydrogens is 224 g/mol. The van der Waals surface area contributed by atoms with E-state index >= 15 is 0 Å². The number of hydrogen-bond donors (Lipinski definition) is 1. The molecule has 0 spiro atoms. The van der Waals surface area contributed by atoms with Gasteiger partial charge in [-0.1, -0.05) is 32.0 Å². The van der Waals surface area contributed by atoms with Gasteiger partial charge in [0.25, 0.3) is 0 Å². The molecule has 0 heterocycles. The molecule has 4 atom stereocenters. The van der Waals surface area contributed by atoms with Gasteiger partial charge in [0.15, 0.2) is 0 Å². The fourth-order valence-corrected chi connectivity index (χ4v) is 2.72. The van der Waals surface area contributed by atoms with Crippen molar-refractivity contribution in [2.45, 2.75) is 52.2 Å². The van der Waals surface area contributed by atoms with Gasteiger partial charge in [-0.15, -0.1) is 0 Å². The number of benzene rings is 1. The molecule has 18 heavy (non-hydrogen) atoms. The van der Waals surface area contributed by atoms with Gasteiger partial charge in [-0.3, -0.25) is 0 Å². The van der Waals surface area contributed by atoms with E-state index in [1.165, 1.54) is 6.42 Å². The molecule has 0 aromatic heterocycles. The third-order valence-corrected chi connectivity index (χ3v) is 4.21. The van der Waals surface area contributed by atoms with Crippen LogP contribution in [0.3, 0.4) is 0 Å². The van der Waals surface area contributed by atoms with Gasteiger partial charge < -0.3 is 9.84 Å². The summed E-state index contributed by atoms with van der Waals surface area (Å²) in [7, 11) is 0. The highest BCUT2D eigenvalue weighted by Crippen LogP contribution is 2.33. The van der Waals surface area contributed by atoms with Crippen LogP contribution in [0.2, 0.25) is 0 Å². The van der Waals surface area contributed by atoms with Crippen molar-refractivity contribution in [3.63, 3.8) is 0 Å². The van der Waals surface area contributed by atoms with Gasteiger partial charge in [-0.05, 0) is 44.1 Å². The lowest BCUT2D eigenvalue weighted by molar-refractivity contribution is 0.0957. The molecule has 1 aromatic rings. The van der Waals surface area contributed by atoms with Crippen LogP contribution in [0.5, 0.6) is 5.75 Å². The largest absolute Gasteiger partial charge is 0.490 e. The van der Waals surface area contributed by atoms with Crippen LogP contribution in [-0.2, 0) is 0 Å². The van der Waals surface area contributed by atoms with E-state index in [0.29, 0.717) is 6.10 Å². The number of aliphatic hydroxyl groups excluding tert-OH is 1. The predicted molar refractivity (Wildman–Crippen MR) is 73.7 cm³/mol. The Kier molecular flexibility index (Phi) is 4.28. The van der Waals surface area contributed by atoms with E-state index in [1.54, 1.807) is 6.92 Å². The number of hydrogen-bond acceptors (Lipinski definition) is 2. The van der Waals surface area contributed by atoms with Crippen molar-refractivity contribution < 1.29 is 9.84 Å². The molecule has 0 amide bonds. The van der Waals surface area contributed by atoms with E-state index in [1.807, 2.05) is 24.3 Å². The highest BCUT2D eigenvalue weighted by atomic mass is 16.5. The van der Waals surface area contributed by atoms with Gasteiger partial charge in [0.1, 0.15) is 5.75 Å². The fraction of sp³-hybridized carbons (Fsp3) is 0.625. The standard InChI is InChI=1S/C16H24O2/c1-11-8-9-14(10-12(11)2)18-16-7-5-4-6-15(16)13(3)17/h4-7,11-14,17H,8-10H2,1-3H3/t11?,12?,13-,14?/m1/s1. The highest BCUT2D eigenvalue weighted by Gasteiger charge is 2.26. The molecular formula is C16H24O2. The molecule has 2 heteroatoms. The van der Waals surface area contributed by atoms with Crippen molar-refractivity contribution in [1.82, 2.24) is 0 Å². The number of ether oxygens (including phenoxy) is 1. The van der Waals surface area contributed by atoms with Crippen molar-refractivity contribution in [3.8, 4) is 5.75 Å². The van der Waals surface area contributed by atoms with Crippen LogP contribution in [-0.4, -0.2) is 11.2 Å². The van der Waals surface area contributed by atoms with Crippen LogP contribution in [0, 0.1) is 11.8 Å². The summed E-state index contributed by atoms with van der Waals surface area (Å²) in [6.07, 6.45) is 3.31. The molecule has 1 aliphatic rings. The molecule has 3 unspecified atom stereocenters. The lowest BCUT2D eigenvalue weighted by Gasteiger charge is -2.32. The van der Waals surface area contributed by atoms with Crippen molar-refractivity contribution >= 4 is 0 Å². The second kappa shape index (κ2) is 5.75. The van der Waals surface area contributed by atoms with Crippen molar-refractivity contribution in [1.29, 1.82) is 0 Å². The van der Waals surface area contributed by atoms with E-state index in [4.69, 9.17) is 4.74 Å². The highest BCUT2D eigenvalue weighted by molar-refractivity contribution is 5.34. The van der Waals surface area contributed by atoms with Gasteiger partial charge in [-0.25, -0.2) is 0 Å². The second-order valence-corrected chi connectivity index (χ2v) is 5.72. The molecule has 0 radical (unpaired) electrons. The zero-order valence-corrected chi connectivity index (χ0v) is 11.6. The van der Waals surface area contributed by atoms with Crippen molar-refractivity contribution in [2.24, 2.45) is 11.8 Å². The maximum absolute atomic E-state index is 9.75. The molecule has 0 aliphatic heterocycles. The third kappa shape index (κ3) is 3.05. The first-order valence-corrected chi connectivity index (χ1v) is 7.01. The molecule has 2 rings (SSSR count). The average molecular weight is 248 g/mol. The monoisotopic (exact) mass is 248 g/mol. The van der Waals surface area contributed by atoms with Crippen LogP contribution in [0.25, 0.3) is 0 Å². The Balaban J connectivity index is 2.06. The van der Waals surface area contributed by atoms with Gasteiger partial charge in [0, 0.05) is 5.56 Å². The Morgan fingerprint density at radius 1 is 1.17 bits per heavy atom. The summed E-state index contributed by atoms with van der Waals surface area (Å²) in [4.78, 5) is 0. The number of rotatable bonds is 3. The van der Waals surface area contributed by atoms with Gasteiger partial charge in [0.2, 0.25) is 0 Å². The van der Waals surface area contributed by atoms with Gasteiger partial charge in [-0.2, -0.15) is 0 Å². The van der Waals surface area contributed by atoms with E-state index in [-0.39, 0.29) is 0 Å². The first-order chi connectivity index (χ1) is 8.58. The minimum Gasteiger partial charge on any atom is -0.490 e. The third-order valence-electron chi connectivity index (χ3n) is 4.21. The molecule has 2 nitrogen and oxygen atoms in total. The Morgan fingerprint density at radius 2 is 1.89 bits per heavy atom. The van der Waals surface area contributed by atoms with Gasteiger partial charge >= 0.3 is 0 Å². The Hall–Kier alpha value is -1.02. The maximum atomic E-state index is 9.75. The van der Waals surface area contributed by atoms with Crippen LogP contribution in [0.15, 0.2) is 24.3 Å². The predicted octanol–water partition coefficient (Wildman–Crippen LogP) is 3.94. The van der Waals surface area contributed by atoms with E-state index < -0.39 is 6.10 Å². The molecule has 1 fully saturated rings. The molecule has 1 N–H and O–H groups in total. The summed E-state index contributed by atoms with van der Waals surface area (Å²) in [6.45, 7) is 6.42. The second-order valence-electron chi connectivity index (χ2n) is 5.72. The van der Waals surface area contributed by atoms with Crippen molar-refractivity contribution in [3.05, 3.63) is 29.8 Å². The first kappa shape index (κ1) is 13.4. The fourth-order valence-electron chi connectivity index (χ4n) is 2.72. The molecule has 100 valence electrons. The topological polar surface area (TPSA) is 29.5 Å². The summed E-state index contributed by atoms with van der Waals surface area (Å²) in [5, 5.41) is 9.75. The van der Waals surface area contributed by atoms with Crippen LogP contribution >= 0.6 is 0 Å². The molecule has 1 aliphatic carbocycles. The molecule has 1 saturated carbocycles. The minimum absolute atomic E-state index is 0.302. The number of aliphatic hydroxyl groups is 1. The van der Waals surface area contributed by atoms with E-state index in [0.717, 1.165) is 36.0 Å². The Bertz CT molecular complexity index is 386. The summed E-state index contributed by atoms with van der Waals surface area (Å²) in [5.41, 5.74) is 0.892. The van der Waals surface area contributed by atoms with Crippen LogP contribution in [0.1, 0.15) is 51.7 Å². The Morgan fingerprint density at radius 3 is 2.56 bits per heavy atom. The zero-order chi connectivity index (χ0) is 13.1. The lowest BCUT2D eigenvalue weighted by Crippen LogP contribution is -2.29.